The summed E-state index contributed by atoms with van der Waals surface area (Å²) in [5, 5.41) is 9.58. The lowest BCUT2D eigenvalue weighted by Gasteiger charge is -2.39. The molecule has 2 aromatic rings. The topological polar surface area (TPSA) is 49.5 Å². The van der Waals surface area contributed by atoms with Gasteiger partial charge in [0.05, 0.1) is 5.69 Å². The zero-order valence-electron chi connectivity index (χ0n) is 13.4. The van der Waals surface area contributed by atoms with Crippen molar-refractivity contribution in [3.05, 3.63) is 41.8 Å². The van der Waals surface area contributed by atoms with Gasteiger partial charge < -0.3 is 9.52 Å². The maximum absolute atomic E-state index is 9.58. The average Bonchev–Trinajstić information content (AvgIpc) is 2.89. The molecule has 3 rings (SSSR count). The van der Waals surface area contributed by atoms with Gasteiger partial charge in [-0.2, -0.15) is 0 Å². The van der Waals surface area contributed by atoms with E-state index in [2.05, 4.69) is 16.8 Å². The standard InChI is InChI=1S/C18H24N2O2/c1-14-16(11-20-10-6-9-18(2,12-20)13-21)19-17(22-14)15-7-4-3-5-8-15/h3-5,7-8,21H,6,9-13H2,1-2H3. The largest absolute Gasteiger partial charge is 0.441 e. The van der Waals surface area contributed by atoms with Gasteiger partial charge in [0.15, 0.2) is 0 Å². The SMILES string of the molecule is Cc1oc(-c2ccccc2)nc1CN1CCCC(C)(CO)C1. The molecule has 1 aliphatic rings. The molecule has 0 amide bonds. The Balaban J connectivity index is 1.75. The van der Waals surface area contributed by atoms with Crippen LogP contribution in [0.5, 0.6) is 0 Å². The fourth-order valence-electron chi connectivity index (χ4n) is 3.18. The highest BCUT2D eigenvalue weighted by Crippen LogP contribution is 2.30. The first-order chi connectivity index (χ1) is 10.6. The van der Waals surface area contributed by atoms with Crippen LogP contribution in [-0.2, 0) is 6.54 Å². The van der Waals surface area contributed by atoms with Gasteiger partial charge in [-0.1, -0.05) is 25.1 Å². The van der Waals surface area contributed by atoms with Crippen molar-refractivity contribution in [3.63, 3.8) is 0 Å². The second-order valence-corrected chi connectivity index (χ2v) is 6.67. The summed E-state index contributed by atoms with van der Waals surface area (Å²) < 4.78 is 5.83. The molecule has 0 radical (unpaired) electrons. The summed E-state index contributed by atoms with van der Waals surface area (Å²) in [5.74, 6) is 1.57. The minimum Gasteiger partial charge on any atom is -0.441 e. The van der Waals surface area contributed by atoms with Gasteiger partial charge in [0.2, 0.25) is 5.89 Å². The number of oxazole rings is 1. The summed E-state index contributed by atoms with van der Waals surface area (Å²) >= 11 is 0. The molecule has 1 N–H and O–H groups in total. The highest BCUT2D eigenvalue weighted by molar-refractivity contribution is 5.53. The fraction of sp³-hybridized carbons (Fsp3) is 0.500. The van der Waals surface area contributed by atoms with Gasteiger partial charge in [-0.15, -0.1) is 0 Å². The lowest BCUT2D eigenvalue weighted by Crippen LogP contribution is -2.43. The minimum atomic E-state index is 0.0121. The van der Waals surface area contributed by atoms with Crippen LogP contribution in [0, 0.1) is 12.3 Å². The van der Waals surface area contributed by atoms with E-state index in [1.54, 1.807) is 0 Å². The molecule has 1 aromatic heterocycles. The Morgan fingerprint density at radius 2 is 2.09 bits per heavy atom. The summed E-state index contributed by atoms with van der Waals surface area (Å²) in [6.07, 6.45) is 2.21. The molecule has 22 heavy (non-hydrogen) atoms. The second kappa shape index (κ2) is 6.23. The number of aliphatic hydroxyl groups is 1. The molecule has 0 saturated carbocycles. The van der Waals surface area contributed by atoms with Gasteiger partial charge in [0.25, 0.3) is 0 Å². The number of aromatic nitrogens is 1. The molecule has 1 saturated heterocycles. The molecule has 1 aliphatic heterocycles. The van der Waals surface area contributed by atoms with Crippen molar-refractivity contribution in [2.24, 2.45) is 5.41 Å². The van der Waals surface area contributed by atoms with E-state index in [4.69, 9.17) is 4.42 Å². The fourth-order valence-corrected chi connectivity index (χ4v) is 3.18. The Morgan fingerprint density at radius 3 is 2.82 bits per heavy atom. The molecule has 1 fully saturated rings. The Kier molecular flexibility index (Phi) is 4.32. The van der Waals surface area contributed by atoms with Gasteiger partial charge in [-0.05, 0) is 38.4 Å². The van der Waals surface area contributed by atoms with Gasteiger partial charge in [-0.3, -0.25) is 4.90 Å². The van der Waals surface area contributed by atoms with Crippen LogP contribution in [0.15, 0.2) is 34.7 Å². The summed E-state index contributed by atoms with van der Waals surface area (Å²) in [5.41, 5.74) is 2.02. The maximum Gasteiger partial charge on any atom is 0.226 e. The van der Waals surface area contributed by atoms with Crippen LogP contribution >= 0.6 is 0 Å². The lowest BCUT2D eigenvalue weighted by atomic mass is 9.83. The lowest BCUT2D eigenvalue weighted by molar-refractivity contribution is 0.0422. The van der Waals surface area contributed by atoms with Crippen LogP contribution < -0.4 is 0 Å². The number of piperidine rings is 1. The number of aryl methyl sites for hydroxylation is 1. The van der Waals surface area contributed by atoms with Crippen molar-refractivity contribution >= 4 is 0 Å². The predicted molar refractivity (Wildman–Crippen MR) is 86.4 cm³/mol. The van der Waals surface area contributed by atoms with Crippen molar-refractivity contribution < 1.29 is 9.52 Å². The zero-order chi connectivity index (χ0) is 15.6. The number of rotatable bonds is 4. The van der Waals surface area contributed by atoms with E-state index in [9.17, 15) is 5.11 Å². The molecule has 1 unspecified atom stereocenters. The summed E-state index contributed by atoms with van der Waals surface area (Å²) in [6, 6.07) is 10.00. The summed E-state index contributed by atoms with van der Waals surface area (Å²) in [4.78, 5) is 7.05. The minimum absolute atomic E-state index is 0.0121. The van der Waals surface area contributed by atoms with Gasteiger partial charge in [-0.25, -0.2) is 4.98 Å². The third-order valence-electron chi connectivity index (χ3n) is 4.53. The van der Waals surface area contributed by atoms with Crippen LogP contribution in [0.1, 0.15) is 31.2 Å². The third kappa shape index (κ3) is 3.23. The highest BCUT2D eigenvalue weighted by Gasteiger charge is 2.30. The normalized spacial score (nSPS) is 22.9. The maximum atomic E-state index is 9.58. The highest BCUT2D eigenvalue weighted by atomic mass is 16.4. The van der Waals surface area contributed by atoms with E-state index in [1.807, 2.05) is 37.3 Å². The van der Waals surface area contributed by atoms with Crippen LogP contribution in [0.3, 0.4) is 0 Å². The molecule has 1 atom stereocenters. The number of aliphatic hydroxyl groups excluding tert-OH is 1. The van der Waals surface area contributed by atoms with Crippen molar-refractivity contribution in [1.82, 2.24) is 9.88 Å². The third-order valence-corrected chi connectivity index (χ3v) is 4.53. The second-order valence-electron chi connectivity index (χ2n) is 6.67. The quantitative estimate of drug-likeness (QED) is 0.941. The number of likely N-dealkylation sites (tertiary alicyclic amines) is 1. The van der Waals surface area contributed by atoms with Crippen molar-refractivity contribution in [2.45, 2.75) is 33.2 Å². The van der Waals surface area contributed by atoms with E-state index < -0.39 is 0 Å². The molecule has 2 heterocycles. The molecule has 4 heteroatoms. The molecule has 0 spiro atoms. The van der Waals surface area contributed by atoms with Gasteiger partial charge in [0.1, 0.15) is 5.76 Å². The molecular weight excluding hydrogens is 276 g/mol. The molecule has 118 valence electrons. The first-order valence-electron chi connectivity index (χ1n) is 7.95. The van der Waals surface area contributed by atoms with Gasteiger partial charge in [0, 0.05) is 30.7 Å². The zero-order valence-corrected chi connectivity index (χ0v) is 13.4. The predicted octanol–water partition coefficient (Wildman–Crippen LogP) is 3.24. The summed E-state index contributed by atoms with van der Waals surface area (Å²) in [6.45, 7) is 7.14. The number of hydrogen-bond acceptors (Lipinski definition) is 4. The van der Waals surface area contributed by atoms with Gasteiger partial charge >= 0.3 is 0 Å². The van der Waals surface area contributed by atoms with Crippen LogP contribution in [0.25, 0.3) is 11.5 Å². The van der Waals surface area contributed by atoms with Crippen molar-refractivity contribution in [1.29, 1.82) is 0 Å². The molecule has 1 aromatic carbocycles. The first kappa shape index (κ1) is 15.3. The first-order valence-corrected chi connectivity index (χ1v) is 7.95. The number of hydrogen-bond donors (Lipinski definition) is 1. The summed E-state index contributed by atoms with van der Waals surface area (Å²) in [7, 11) is 0. The molecule has 0 aliphatic carbocycles. The smallest absolute Gasteiger partial charge is 0.226 e. The number of benzene rings is 1. The van der Waals surface area contributed by atoms with Crippen LogP contribution in [-0.4, -0.2) is 34.7 Å². The molecular formula is C18H24N2O2. The Hall–Kier alpha value is -1.65. The van der Waals surface area contributed by atoms with Crippen molar-refractivity contribution in [3.8, 4) is 11.5 Å². The monoisotopic (exact) mass is 300 g/mol. The van der Waals surface area contributed by atoms with Crippen LogP contribution in [0.2, 0.25) is 0 Å². The molecule has 0 bridgehead atoms. The van der Waals surface area contributed by atoms with E-state index in [0.29, 0.717) is 5.89 Å². The Labute approximate surface area is 131 Å². The molecule has 4 nitrogen and oxygen atoms in total. The van der Waals surface area contributed by atoms with E-state index in [1.165, 1.54) is 0 Å². The van der Waals surface area contributed by atoms with Crippen LogP contribution in [0.4, 0.5) is 0 Å². The number of nitrogens with zero attached hydrogens (tertiary/aromatic N) is 2. The Morgan fingerprint density at radius 1 is 1.32 bits per heavy atom. The average molecular weight is 300 g/mol. The van der Waals surface area contributed by atoms with E-state index in [0.717, 1.165) is 49.5 Å². The van der Waals surface area contributed by atoms with E-state index >= 15 is 0 Å². The van der Waals surface area contributed by atoms with Crippen molar-refractivity contribution in [2.75, 3.05) is 19.7 Å². The Bertz CT molecular complexity index is 623. The van der Waals surface area contributed by atoms with E-state index in [-0.39, 0.29) is 12.0 Å².